The average molecular weight is 353 g/mol. The van der Waals surface area contributed by atoms with Gasteiger partial charge in [0.25, 0.3) is 0 Å². The van der Waals surface area contributed by atoms with Crippen LogP contribution in [0, 0.1) is 0 Å². The third-order valence-corrected chi connectivity index (χ3v) is 3.15. The Morgan fingerprint density at radius 3 is 2.28 bits per heavy atom. The van der Waals surface area contributed by atoms with E-state index in [4.69, 9.17) is 18.9 Å². The molecule has 0 heterocycles. The van der Waals surface area contributed by atoms with Crippen molar-refractivity contribution in [2.24, 2.45) is 0 Å². The first-order valence-electron chi connectivity index (χ1n) is 8.07. The van der Waals surface area contributed by atoms with E-state index in [1.807, 2.05) is 0 Å². The normalized spacial score (nSPS) is 12.1. The Kier molecular flexibility index (Phi) is 7.54. The molecule has 0 saturated carbocycles. The Hall–Kier alpha value is -2.44. The molecule has 0 saturated heterocycles. The van der Waals surface area contributed by atoms with Gasteiger partial charge in [-0.3, -0.25) is 0 Å². The summed E-state index contributed by atoms with van der Waals surface area (Å²) in [5, 5.41) is 2.56. The molecule has 0 aliphatic heterocycles. The molecule has 140 valence electrons. The van der Waals surface area contributed by atoms with Crippen molar-refractivity contribution < 1.29 is 28.5 Å². The number of benzene rings is 1. The molecule has 1 rings (SSSR count). The second-order valence-corrected chi connectivity index (χ2v) is 6.34. The molecule has 25 heavy (non-hydrogen) atoms. The van der Waals surface area contributed by atoms with Crippen LogP contribution in [0.15, 0.2) is 18.2 Å². The van der Waals surface area contributed by atoms with E-state index in [1.165, 1.54) is 7.11 Å². The first-order chi connectivity index (χ1) is 11.7. The van der Waals surface area contributed by atoms with Gasteiger partial charge in [0.1, 0.15) is 11.6 Å². The molecule has 0 fully saturated rings. The van der Waals surface area contributed by atoms with E-state index in [0.717, 1.165) is 5.56 Å². The molecule has 0 aliphatic carbocycles. The summed E-state index contributed by atoms with van der Waals surface area (Å²) in [7, 11) is 3.08. The molecule has 0 radical (unpaired) electrons. The van der Waals surface area contributed by atoms with Gasteiger partial charge in [-0.2, -0.15) is 0 Å². The summed E-state index contributed by atoms with van der Waals surface area (Å²) < 4.78 is 20.7. The standard InChI is InChI=1S/C18H27NO6/c1-7-24-16(20)13(19-17(21)25-18(2,3)4)10-12-8-9-14(22-5)15(11-12)23-6/h8-9,11,13H,7,10H2,1-6H3,(H,19,21). The van der Waals surface area contributed by atoms with Crippen molar-refractivity contribution in [2.75, 3.05) is 20.8 Å². The maximum Gasteiger partial charge on any atom is 0.408 e. The summed E-state index contributed by atoms with van der Waals surface area (Å²) in [6.45, 7) is 7.18. The number of hydrogen-bond acceptors (Lipinski definition) is 6. The van der Waals surface area contributed by atoms with Crippen LogP contribution in [0.2, 0.25) is 0 Å². The Balaban J connectivity index is 2.93. The fourth-order valence-electron chi connectivity index (χ4n) is 2.13. The molecule has 1 unspecified atom stereocenters. The SMILES string of the molecule is CCOC(=O)C(Cc1ccc(OC)c(OC)c1)NC(=O)OC(C)(C)C. The lowest BCUT2D eigenvalue weighted by molar-refractivity contribution is -0.145. The fourth-order valence-corrected chi connectivity index (χ4v) is 2.13. The summed E-state index contributed by atoms with van der Waals surface area (Å²) in [5.41, 5.74) is 0.124. The van der Waals surface area contributed by atoms with E-state index in [9.17, 15) is 9.59 Å². The molecular formula is C18H27NO6. The van der Waals surface area contributed by atoms with Gasteiger partial charge in [-0.25, -0.2) is 9.59 Å². The lowest BCUT2D eigenvalue weighted by atomic mass is 10.1. The van der Waals surface area contributed by atoms with Gasteiger partial charge in [-0.1, -0.05) is 6.07 Å². The highest BCUT2D eigenvalue weighted by Crippen LogP contribution is 2.28. The third-order valence-electron chi connectivity index (χ3n) is 3.15. The monoisotopic (exact) mass is 353 g/mol. The molecular weight excluding hydrogens is 326 g/mol. The van der Waals surface area contributed by atoms with Gasteiger partial charge >= 0.3 is 12.1 Å². The molecule has 0 aromatic heterocycles. The Labute approximate surface area is 148 Å². The molecule has 1 atom stereocenters. The number of amides is 1. The number of carbonyl (C=O) groups excluding carboxylic acids is 2. The molecule has 1 aromatic carbocycles. The van der Waals surface area contributed by atoms with Crippen molar-refractivity contribution in [1.29, 1.82) is 0 Å². The summed E-state index contributed by atoms with van der Waals surface area (Å²) in [4.78, 5) is 24.2. The number of ether oxygens (including phenoxy) is 4. The molecule has 1 aromatic rings. The van der Waals surface area contributed by atoms with E-state index in [-0.39, 0.29) is 13.0 Å². The van der Waals surface area contributed by atoms with E-state index >= 15 is 0 Å². The maximum absolute atomic E-state index is 12.2. The van der Waals surface area contributed by atoms with Crippen LogP contribution in [0.25, 0.3) is 0 Å². The molecule has 7 nitrogen and oxygen atoms in total. The van der Waals surface area contributed by atoms with Crippen LogP contribution in [0.3, 0.4) is 0 Å². The first kappa shape index (κ1) is 20.6. The number of hydrogen-bond donors (Lipinski definition) is 1. The summed E-state index contributed by atoms with van der Waals surface area (Å²) in [6.07, 6.45) is -0.440. The van der Waals surface area contributed by atoms with Crippen molar-refractivity contribution in [2.45, 2.75) is 45.8 Å². The van der Waals surface area contributed by atoms with Crippen LogP contribution < -0.4 is 14.8 Å². The number of rotatable bonds is 7. The maximum atomic E-state index is 12.2. The van der Waals surface area contributed by atoms with Gasteiger partial charge in [0, 0.05) is 6.42 Å². The third kappa shape index (κ3) is 6.91. The highest BCUT2D eigenvalue weighted by molar-refractivity contribution is 5.81. The van der Waals surface area contributed by atoms with Crippen LogP contribution in [0.1, 0.15) is 33.3 Å². The lowest BCUT2D eigenvalue weighted by Crippen LogP contribution is -2.45. The van der Waals surface area contributed by atoms with Crippen molar-refractivity contribution in [1.82, 2.24) is 5.32 Å². The van der Waals surface area contributed by atoms with Crippen molar-refractivity contribution >= 4 is 12.1 Å². The van der Waals surface area contributed by atoms with Crippen LogP contribution in [0.4, 0.5) is 4.79 Å². The van der Waals surface area contributed by atoms with Gasteiger partial charge in [0.05, 0.1) is 20.8 Å². The highest BCUT2D eigenvalue weighted by Gasteiger charge is 2.26. The van der Waals surface area contributed by atoms with E-state index in [0.29, 0.717) is 11.5 Å². The van der Waals surface area contributed by atoms with E-state index in [2.05, 4.69) is 5.32 Å². The van der Waals surface area contributed by atoms with Gasteiger partial charge in [0.2, 0.25) is 0 Å². The number of carbonyl (C=O) groups is 2. The predicted octanol–water partition coefficient (Wildman–Crippen LogP) is 2.70. The molecule has 0 bridgehead atoms. The smallest absolute Gasteiger partial charge is 0.408 e. The van der Waals surface area contributed by atoms with Gasteiger partial charge in [-0.05, 0) is 45.4 Å². The minimum absolute atomic E-state index is 0.220. The number of nitrogens with one attached hydrogen (secondary N) is 1. The number of alkyl carbamates (subject to hydrolysis) is 1. The molecule has 0 spiro atoms. The summed E-state index contributed by atoms with van der Waals surface area (Å²) in [5.74, 6) is 0.599. The second kappa shape index (κ2) is 9.15. The quantitative estimate of drug-likeness (QED) is 0.759. The highest BCUT2D eigenvalue weighted by atomic mass is 16.6. The summed E-state index contributed by atoms with van der Waals surface area (Å²) >= 11 is 0. The van der Waals surface area contributed by atoms with Gasteiger partial charge in [-0.15, -0.1) is 0 Å². The lowest BCUT2D eigenvalue weighted by Gasteiger charge is -2.23. The average Bonchev–Trinajstić information content (AvgIpc) is 2.52. The number of esters is 1. The van der Waals surface area contributed by atoms with E-state index in [1.54, 1.807) is 53.0 Å². The minimum Gasteiger partial charge on any atom is -0.493 e. The Bertz CT molecular complexity index is 594. The van der Waals surface area contributed by atoms with Gasteiger partial charge < -0.3 is 24.3 Å². The predicted molar refractivity (Wildman–Crippen MR) is 93.0 cm³/mol. The Morgan fingerprint density at radius 1 is 1.12 bits per heavy atom. The second-order valence-electron chi connectivity index (χ2n) is 6.34. The van der Waals surface area contributed by atoms with Crippen molar-refractivity contribution in [3.05, 3.63) is 23.8 Å². The molecule has 7 heteroatoms. The summed E-state index contributed by atoms with van der Waals surface area (Å²) in [6, 6.07) is 4.42. The molecule has 1 N–H and O–H groups in total. The zero-order chi connectivity index (χ0) is 19.0. The first-order valence-corrected chi connectivity index (χ1v) is 8.07. The van der Waals surface area contributed by atoms with Crippen LogP contribution >= 0.6 is 0 Å². The van der Waals surface area contributed by atoms with Crippen molar-refractivity contribution in [3.63, 3.8) is 0 Å². The zero-order valence-electron chi connectivity index (χ0n) is 15.7. The largest absolute Gasteiger partial charge is 0.493 e. The van der Waals surface area contributed by atoms with Crippen LogP contribution in [0.5, 0.6) is 11.5 Å². The number of methoxy groups -OCH3 is 2. The minimum atomic E-state index is -0.868. The fraction of sp³-hybridized carbons (Fsp3) is 0.556. The molecule has 0 aliphatic rings. The Morgan fingerprint density at radius 2 is 1.76 bits per heavy atom. The van der Waals surface area contributed by atoms with Crippen LogP contribution in [-0.2, 0) is 20.7 Å². The van der Waals surface area contributed by atoms with Gasteiger partial charge in [0.15, 0.2) is 11.5 Å². The zero-order valence-corrected chi connectivity index (χ0v) is 15.7. The topological polar surface area (TPSA) is 83.1 Å². The van der Waals surface area contributed by atoms with Crippen LogP contribution in [-0.4, -0.2) is 44.5 Å². The molecule has 1 amide bonds. The van der Waals surface area contributed by atoms with Crippen molar-refractivity contribution in [3.8, 4) is 11.5 Å². The van der Waals surface area contributed by atoms with E-state index < -0.39 is 23.7 Å².